The molecule has 94 valence electrons. The van der Waals surface area contributed by atoms with Gasteiger partial charge in [-0.25, -0.2) is 4.39 Å². The van der Waals surface area contributed by atoms with Crippen molar-refractivity contribution in [3.8, 4) is 5.75 Å². The Hall–Kier alpha value is -2.44. The summed E-state index contributed by atoms with van der Waals surface area (Å²) in [5.41, 5.74) is -0.542. The minimum atomic E-state index is -0.904. The van der Waals surface area contributed by atoms with Gasteiger partial charge in [0, 0.05) is 0 Å². The first-order chi connectivity index (χ1) is 8.49. The lowest BCUT2D eigenvalue weighted by atomic mass is 10.1. The van der Waals surface area contributed by atoms with Gasteiger partial charge in [0.25, 0.3) is 5.91 Å². The van der Waals surface area contributed by atoms with E-state index in [0.717, 1.165) is 17.0 Å². The number of hydrogen-bond acceptors (Lipinski definition) is 4. The Labute approximate surface area is 101 Å². The third kappa shape index (κ3) is 2.15. The number of carbonyl (C=O) groups excluding carboxylic acids is 3. The zero-order valence-corrected chi connectivity index (χ0v) is 9.14. The smallest absolute Gasteiger partial charge is 0.261 e. The molecule has 1 fully saturated rings. The first kappa shape index (κ1) is 12.0. The number of phenols is 1. The second-order valence-electron chi connectivity index (χ2n) is 3.77. The largest absolute Gasteiger partial charge is 0.507 e. The molecule has 7 heteroatoms. The van der Waals surface area contributed by atoms with E-state index < -0.39 is 34.9 Å². The summed E-state index contributed by atoms with van der Waals surface area (Å²) < 4.78 is 13.5. The van der Waals surface area contributed by atoms with E-state index in [2.05, 4.69) is 0 Å². The lowest BCUT2D eigenvalue weighted by Crippen LogP contribution is -2.53. The number of nitrogens with zero attached hydrogens (tertiary/aromatic N) is 1. The highest BCUT2D eigenvalue weighted by Gasteiger charge is 2.29. The highest BCUT2D eigenvalue weighted by atomic mass is 19.1. The summed E-state index contributed by atoms with van der Waals surface area (Å²) in [6, 6.07) is 3.41. The van der Waals surface area contributed by atoms with Crippen LogP contribution in [0.5, 0.6) is 5.75 Å². The first-order valence-electron chi connectivity index (χ1n) is 5.08. The molecule has 0 atom stereocenters. The Morgan fingerprint density at radius 3 is 2.44 bits per heavy atom. The van der Waals surface area contributed by atoms with Gasteiger partial charge in [-0.1, -0.05) is 6.07 Å². The van der Waals surface area contributed by atoms with E-state index >= 15 is 0 Å². The quantitative estimate of drug-likeness (QED) is 0.668. The maximum atomic E-state index is 13.5. The van der Waals surface area contributed by atoms with Crippen LogP contribution in [0, 0.1) is 5.82 Å². The van der Waals surface area contributed by atoms with Crippen molar-refractivity contribution in [1.82, 2.24) is 10.2 Å². The van der Waals surface area contributed by atoms with Gasteiger partial charge in [0.05, 0.1) is 0 Å². The van der Waals surface area contributed by atoms with Crippen LogP contribution in [0.25, 0.3) is 0 Å². The third-order valence-corrected chi connectivity index (χ3v) is 2.44. The molecule has 2 N–H and O–H groups in total. The SMILES string of the molecule is O=C1CN(C(=O)c2c(O)cccc2F)CC(=O)N1. The Morgan fingerprint density at radius 2 is 1.89 bits per heavy atom. The molecule has 1 aliphatic heterocycles. The molecule has 2 rings (SSSR count). The van der Waals surface area contributed by atoms with Gasteiger partial charge in [-0.05, 0) is 12.1 Å². The van der Waals surface area contributed by atoms with Crippen molar-refractivity contribution in [2.45, 2.75) is 0 Å². The molecule has 0 saturated carbocycles. The summed E-state index contributed by atoms with van der Waals surface area (Å²) in [7, 11) is 0. The van der Waals surface area contributed by atoms with E-state index in [9.17, 15) is 23.9 Å². The topological polar surface area (TPSA) is 86.7 Å². The Morgan fingerprint density at radius 1 is 1.28 bits per heavy atom. The van der Waals surface area contributed by atoms with Gasteiger partial charge < -0.3 is 10.0 Å². The lowest BCUT2D eigenvalue weighted by molar-refractivity contribution is -0.135. The predicted molar refractivity (Wildman–Crippen MR) is 57.1 cm³/mol. The standard InChI is InChI=1S/C11H9FN2O4/c12-6-2-1-3-7(15)10(6)11(18)14-4-8(16)13-9(17)5-14/h1-3,15H,4-5H2,(H,13,16,17). The normalized spacial score (nSPS) is 15.5. The molecule has 1 aliphatic rings. The number of aromatic hydroxyl groups is 1. The molecule has 3 amide bonds. The summed E-state index contributed by atoms with van der Waals surface area (Å²) >= 11 is 0. The second kappa shape index (κ2) is 4.44. The van der Waals surface area contributed by atoms with Crippen molar-refractivity contribution >= 4 is 17.7 Å². The Kier molecular flexibility index (Phi) is 2.97. The highest BCUT2D eigenvalue weighted by Crippen LogP contribution is 2.21. The predicted octanol–water partition coefficient (Wildman–Crippen LogP) is -0.370. The molecule has 0 unspecified atom stereocenters. The van der Waals surface area contributed by atoms with Gasteiger partial charge >= 0.3 is 0 Å². The van der Waals surface area contributed by atoms with Crippen LogP contribution < -0.4 is 5.32 Å². The van der Waals surface area contributed by atoms with Gasteiger partial charge in [0.1, 0.15) is 30.2 Å². The van der Waals surface area contributed by atoms with Crippen LogP contribution in [-0.4, -0.2) is 40.8 Å². The number of hydrogen-bond donors (Lipinski definition) is 2. The van der Waals surface area contributed by atoms with Crippen LogP contribution in [0.4, 0.5) is 4.39 Å². The lowest BCUT2D eigenvalue weighted by Gasteiger charge is -2.25. The van der Waals surface area contributed by atoms with E-state index in [4.69, 9.17) is 0 Å². The second-order valence-corrected chi connectivity index (χ2v) is 3.77. The monoisotopic (exact) mass is 252 g/mol. The number of amides is 3. The van der Waals surface area contributed by atoms with Crippen LogP contribution in [0.2, 0.25) is 0 Å². The maximum absolute atomic E-state index is 13.5. The minimum absolute atomic E-state index is 0.349. The van der Waals surface area contributed by atoms with Crippen molar-refractivity contribution < 1.29 is 23.9 Å². The van der Waals surface area contributed by atoms with Crippen molar-refractivity contribution in [3.63, 3.8) is 0 Å². The molecule has 1 aromatic carbocycles. The first-order valence-corrected chi connectivity index (χ1v) is 5.08. The number of carbonyl (C=O) groups is 3. The Bertz CT molecular complexity index is 508. The number of piperazine rings is 1. The van der Waals surface area contributed by atoms with E-state index in [0.29, 0.717) is 0 Å². The number of benzene rings is 1. The molecule has 18 heavy (non-hydrogen) atoms. The fraction of sp³-hybridized carbons (Fsp3) is 0.182. The van der Waals surface area contributed by atoms with Crippen LogP contribution >= 0.6 is 0 Å². The average molecular weight is 252 g/mol. The number of phenolic OH excluding ortho intramolecular Hbond substituents is 1. The molecule has 0 aromatic heterocycles. The van der Waals surface area contributed by atoms with Crippen molar-refractivity contribution in [1.29, 1.82) is 0 Å². The fourth-order valence-electron chi connectivity index (χ4n) is 1.66. The molecule has 1 saturated heterocycles. The summed E-state index contributed by atoms with van der Waals surface area (Å²) in [5, 5.41) is 11.5. The molecule has 0 spiro atoms. The van der Waals surface area contributed by atoms with Gasteiger partial charge in [0.15, 0.2) is 0 Å². The zero-order valence-electron chi connectivity index (χ0n) is 9.14. The number of halogens is 1. The van der Waals surface area contributed by atoms with Crippen LogP contribution in [0.1, 0.15) is 10.4 Å². The average Bonchev–Trinajstić information content (AvgIpc) is 2.27. The molecule has 0 aliphatic carbocycles. The molecular weight excluding hydrogens is 243 g/mol. The zero-order chi connectivity index (χ0) is 13.3. The van der Waals surface area contributed by atoms with Gasteiger partial charge in [-0.3, -0.25) is 19.7 Å². The van der Waals surface area contributed by atoms with Crippen LogP contribution in [0.3, 0.4) is 0 Å². The van der Waals surface area contributed by atoms with E-state index in [1.165, 1.54) is 6.07 Å². The molecule has 0 radical (unpaired) electrons. The highest BCUT2D eigenvalue weighted by molar-refractivity contribution is 6.06. The van der Waals surface area contributed by atoms with E-state index in [1.807, 2.05) is 5.32 Å². The summed E-state index contributed by atoms with van der Waals surface area (Å²) in [5.74, 6) is -3.61. The van der Waals surface area contributed by atoms with Crippen molar-refractivity contribution in [2.75, 3.05) is 13.1 Å². The maximum Gasteiger partial charge on any atom is 0.261 e. The summed E-state index contributed by atoms with van der Waals surface area (Å²) in [6.45, 7) is -0.698. The minimum Gasteiger partial charge on any atom is -0.507 e. The van der Waals surface area contributed by atoms with Gasteiger partial charge in [-0.15, -0.1) is 0 Å². The summed E-state index contributed by atoms with van der Waals surface area (Å²) in [6.07, 6.45) is 0. The number of rotatable bonds is 1. The van der Waals surface area contributed by atoms with E-state index in [-0.39, 0.29) is 13.1 Å². The van der Waals surface area contributed by atoms with Gasteiger partial charge in [-0.2, -0.15) is 0 Å². The molecule has 1 aromatic rings. The molecular formula is C11H9FN2O4. The Balaban J connectivity index is 2.31. The fourth-order valence-corrected chi connectivity index (χ4v) is 1.66. The van der Waals surface area contributed by atoms with E-state index in [1.54, 1.807) is 0 Å². The molecule has 6 nitrogen and oxygen atoms in total. The van der Waals surface area contributed by atoms with Crippen LogP contribution in [0.15, 0.2) is 18.2 Å². The van der Waals surface area contributed by atoms with Gasteiger partial charge in [0.2, 0.25) is 11.8 Å². The molecule has 1 heterocycles. The van der Waals surface area contributed by atoms with Crippen molar-refractivity contribution in [2.24, 2.45) is 0 Å². The third-order valence-electron chi connectivity index (χ3n) is 2.44. The number of nitrogens with one attached hydrogen (secondary N) is 1. The van der Waals surface area contributed by atoms with Crippen LogP contribution in [-0.2, 0) is 9.59 Å². The summed E-state index contributed by atoms with van der Waals surface area (Å²) in [4.78, 5) is 35.0. The van der Waals surface area contributed by atoms with Crippen molar-refractivity contribution in [3.05, 3.63) is 29.6 Å². The number of imide groups is 1. The molecule has 0 bridgehead atoms.